The Kier molecular flexibility index (Phi) is 6.69. The summed E-state index contributed by atoms with van der Waals surface area (Å²) in [6.45, 7) is 6.57. The third-order valence-corrected chi connectivity index (χ3v) is 3.43. The van der Waals surface area contributed by atoms with Crippen molar-refractivity contribution in [1.82, 2.24) is 4.90 Å². The first kappa shape index (κ1) is 15.5. The maximum Gasteiger partial charge on any atom is 0.176 e. The van der Waals surface area contributed by atoms with Crippen LogP contribution in [0.1, 0.15) is 37.0 Å². The van der Waals surface area contributed by atoms with Gasteiger partial charge in [-0.15, -0.1) is 0 Å². The average Bonchev–Trinajstić information content (AvgIpc) is 2.33. The van der Waals surface area contributed by atoms with Gasteiger partial charge in [-0.1, -0.05) is 37.0 Å². The van der Waals surface area contributed by atoms with Gasteiger partial charge in [0.1, 0.15) is 0 Å². The summed E-state index contributed by atoms with van der Waals surface area (Å²) in [5.41, 5.74) is 0.626. The largest absolute Gasteiger partial charge is 0.296 e. The minimum atomic E-state index is 0.0930. The van der Waals surface area contributed by atoms with Gasteiger partial charge in [0.25, 0.3) is 0 Å². The van der Waals surface area contributed by atoms with Crippen LogP contribution in [0.3, 0.4) is 0 Å². The van der Waals surface area contributed by atoms with Gasteiger partial charge in [0, 0.05) is 5.56 Å². The highest BCUT2D eigenvalue weighted by Gasteiger charge is 2.12. The third-order valence-electron chi connectivity index (χ3n) is 2.69. The minimum absolute atomic E-state index is 0.0930. The fourth-order valence-corrected chi connectivity index (χ4v) is 2.16. The highest BCUT2D eigenvalue weighted by molar-refractivity contribution is 6.42. The van der Waals surface area contributed by atoms with E-state index >= 15 is 0 Å². The molecule has 0 amide bonds. The molecule has 100 valence electrons. The number of ketones is 1. The number of hydrogen-bond acceptors (Lipinski definition) is 2. The zero-order chi connectivity index (χ0) is 13.5. The van der Waals surface area contributed by atoms with Gasteiger partial charge in [0.2, 0.25) is 0 Å². The van der Waals surface area contributed by atoms with Crippen molar-refractivity contribution in [3.05, 3.63) is 33.8 Å². The van der Waals surface area contributed by atoms with E-state index in [2.05, 4.69) is 18.7 Å². The van der Waals surface area contributed by atoms with Crippen molar-refractivity contribution < 1.29 is 4.79 Å². The van der Waals surface area contributed by atoms with Crippen LogP contribution in [0, 0.1) is 0 Å². The molecule has 0 N–H and O–H groups in total. The van der Waals surface area contributed by atoms with Gasteiger partial charge >= 0.3 is 0 Å². The molecular weight excluding hydrogens is 269 g/mol. The Morgan fingerprint density at radius 2 is 1.72 bits per heavy atom. The van der Waals surface area contributed by atoms with Crippen LogP contribution >= 0.6 is 23.2 Å². The maximum absolute atomic E-state index is 12.1. The van der Waals surface area contributed by atoms with E-state index in [0.29, 0.717) is 22.2 Å². The molecule has 2 nitrogen and oxygen atoms in total. The van der Waals surface area contributed by atoms with Crippen LogP contribution in [0.2, 0.25) is 10.0 Å². The first-order valence-electron chi connectivity index (χ1n) is 6.29. The quantitative estimate of drug-likeness (QED) is 0.697. The first-order chi connectivity index (χ1) is 8.58. The van der Waals surface area contributed by atoms with Crippen LogP contribution < -0.4 is 0 Å². The van der Waals surface area contributed by atoms with E-state index in [0.717, 1.165) is 25.9 Å². The van der Waals surface area contributed by atoms with Crippen LogP contribution in [-0.4, -0.2) is 30.3 Å². The summed E-state index contributed by atoms with van der Waals surface area (Å²) in [5, 5.41) is 0.909. The Labute approximate surface area is 119 Å². The second-order valence-electron chi connectivity index (χ2n) is 4.33. The zero-order valence-corrected chi connectivity index (χ0v) is 12.4. The van der Waals surface area contributed by atoms with Gasteiger partial charge in [-0.05, 0) is 44.1 Å². The summed E-state index contributed by atoms with van der Waals surface area (Å²) in [6.07, 6.45) is 2.10. The fraction of sp³-hybridized carbons (Fsp3) is 0.500. The number of carbonyl (C=O) groups is 1. The second kappa shape index (κ2) is 7.78. The van der Waals surface area contributed by atoms with Gasteiger partial charge in [-0.2, -0.15) is 0 Å². The molecule has 1 aromatic carbocycles. The Morgan fingerprint density at radius 1 is 1.11 bits per heavy atom. The summed E-state index contributed by atoms with van der Waals surface area (Å²) in [4.78, 5) is 14.3. The van der Waals surface area contributed by atoms with Crippen molar-refractivity contribution >= 4 is 29.0 Å². The molecule has 0 aliphatic rings. The van der Waals surface area contributed by atoms with E-state index in [1.165, 1.54) is 0 Å². The van der Waals surface area contributed by atoms with E-state index in [9.17, 15) is 4.79 Å². The molecule has 1 aromatic rings. The number of carbonyl (C=O) groups excluding carboxylic acids is 1. The Morgan fingerprint density at radius 3 is 2.22 bits per heavy atom. The minimum Gasteiger partial charge on any atom is -0.296 e. The highest BCUT2D eigenvalue weighted by atomic mass is 35.5. The molecule has 1 rings (SSSR count). The summed E-state index contributed by atoms with van der Waals surface area (Å²) < 4.78 is 0. The number of Topliss-reactive ketones (excluding diaryl/α,β-unsaturated/α-hetero) is 1. The Bertz CT molecular complexity index is 401. The van der Waals surface area contributed by atoms with Gasteiger partial charge in [0.15, 0.2) is 5.78 Å². The molecule has 4 heteroatoms. The first-order valence-corrected chi connectivity index (χ1v) is 7.04. The van der Waals surface area contributed by atoms with Crippen LogP contribution in [0.4, 0.5) is 0 Å². The summed E-state index contributed by atoms with van der Waals surface area (Å²) in [7, 11) is 0. The van der Waals surface area contributed by atoms with Crippen molar-refractivity contribution in [2.45, 2.75) is 26.7 Å². The molecule has 0 saturated carbocycles. The summed E-state index contributed by atoms with van der Waals surface area (Å²) in [5.74, 6) is 0.0930. The van der Waals surface area contributed by atoms with Crippen molar-refractivity contribution in [3.8, 4) is 0 Å². The highest BCUT2D eigenvalue weighted by Crippen LogP contribution is 2.22. The summed E-state index contributed by atoms with van der Waals surface area (Å²) >= 11 is 11.8. The van der Waals surface area contributed by atoms with Crippen molar-refractivity contribution in [2.24, 2.45) is 0 Å². The molecule has 0 aliphatic carbocycles. The number of nitrogens with zero attached hydrogens (tertiary/aromatic N) is 1. The fourth-order valence-electron chi connectivity index (χ4n) is 1.87. The van der Waals surface area contributed by atoms with Crippen LogP contribution in [0.25, 0.3) is 0 Å². The van der Waals surface area contributed by atoms with E-state index in [1.54, 1.807) is 18.2 Å². The molecule has 0 unspecified atom stereocenters. The number of halogens is 2. The molecular formula is C14H19Cl2NO. The standard InChI is InChI=1S/C14H19Cl2NO/c1-3-7-17(8-4-2)10-14(18)11-5-6-12(15)13(16)9-11/h5-6,9H,3-4,7-8,10H2,1-2H3. The summed E-state index contributed by atoms with van der Waals surface area (Å²) in [6, 6.07) is 5.04. The number of hydrogen-bond donors (Lipinski definition) is 0. The predicted octanol–water partition coefficient (Wildman–Crippen LogP) is 4.30. The van der Waals surface area contributed by atoms with Crippen molar-refractivity contribution in [1.29, 1.82) is 0 Å². The van der Waals surface area contributed by atoms with Crippen molar-refractivity contribution in [2.75, 3.05) is 19.6 Å². The molecule has 0 aliphatic heterocycles. The Balaban J connectivity index is 2.70. The molecule has 0 atom stereocenters. The van der Waals surface area contributed by atoms with E-state index < -0.39 is 0 Å². The van der Waals surface area contributed by atoms with E-state index in [-0.39, 0.29) is 5.78 Å². The molecule has 0 heterocycles. The topological polar surface area (TPSA) is 20.3 Å². The normalized spacial score (nSPS) is 10.9. The number of benzene rings is 1. The van der Waals surface area contributed by atoms with Crippen molar-refractivity contribution in [3.63, 3.8) is 0 Å². The van der Waals surface area contributed by atoms with Gasteiger partial charge in [-0.25, -0.2) is 0 Å². The van der Waals surface area contributed by atoms with Gasteiger partial charge < -0.3 is 0 Å². The monoisotopic (exact) mass is 287 g/mol. The molecule has 0 radical (unpaired) electrons. The molecule has 0 fully saturated rings. The molecule has 18 heavy (non-hydrogen) atoms. The third kappa shape index (κ3) is 4.60. The SMILES string of the molecule is CCCN(CCC)CC(=O)c1ccc(Cl)c(Cl)c1. The Hall–Kier alpha value is -0.570. The molecule has 0 aromatic heterocycles. The lowest BCUT2D eigenvalue weighted by Crippen LogP contribution is -2.31. The predicted molar refractivity (Wildman–Crippen MR) is 77.8 cm³/mol. The molecule has 0 saturated heterocycles. The van der Waals surface area contributed by atoms with E-state index in [1.807, 2.05) is 0 Å². The van der Waals surface area contributed by atoms with E-state index in [4.69, 9.17) is 23.2 Å². The molecule has 0 bridgehead atoms. The van der Waals surface area contributed by atoms with Crippen LogP contribution in [-0.2, 0) is 0 Å². The van der Waals surface area contributed by atoms with Crippen LogP contribution in [0.15, 0.2) is 18.2 Å². The van der Waals surface area contributed by atoms with Crippen LogP contribution in [0.5, 0.6) is 0 Å². The van der Waals surface area contributed by atoms with Gasteiger partial charge in [-0.3, -0.25) is 9.69 Å². The smallest absolute Gasteiger partial charge is 0.176 e. The second-order valence-corrected chi connectivity index (χ2v) is 5.14. The molecule has 0 spiro atoms. The number of rotatable bonds is 7. The van der Waals surface area contributed by atoms with Gasteiger partial charge in [0.05, 0.1) is 16.6 Å². The average molecular weight is 288 g/mol. The zero-order valence-electron chi connectivity index (χ0n) is 10.9. The lowest BCUT2D eigenvalue weighted by atomic mass is 10.1. The lowest BCUT2D eigenvalue weighted by molar-refractivity contribution is 0.0930. The maximum atomic E-state index is 12.1. The lowest BCUT2D eigenvalue weighted by Gasteiger charge is -2.19.